The first-order valence-corrected chi connectivity index (χ1v) is 17.1. The Bertz CT molecular complexity index is 2230. The minimum Gasteiger partial charge on any atom is -0.462 e. The molecule has 1 atom stereocenters. The number of pyridine rings is 2. The van der Waals surface area contributed by atoms with Crippen molar-refractivity contribution >= 4 is 47.1 Å². The normalized spacial score (nSPS) is 17.0. The number of hydrogen-bond acceptors (Lipinski definition) is 9. The number of fused-ring (bicyclic) bond motifs is 2. The van der Waals surface area contributed by atoms with Crippen molar-refractivity contribution in [1.82, 2.24) is 18.6 Å². The van der Waals surface area contributed by atoms with Gasteiger partial charge < -0.3 is 27.6 Å². The van der Waals surface area contributed by atoms with Gasteiger partial charge in [0.1, 0.15) is 0 Å². The summed E-state index contributed by atoms with van der Waals surface area (Å²) in [7, 11) is 1.03. The van der Waals surface area contributed by atoms with Crippen LogP contribution < -0.4 is 5.46 Å². The highest BCUT2D eigenvalue weighted by Gasteiger charge is 2.54. The molecule has 6 rings (SSSR count). The number of ether oxygens (including phenoxy) is 2. The fourth-order valence-electron chi connectivity index (χ4n) is 7.04. The Balaban J connectivity index is 1.37. The molecule has 1 unspecified atom stereocenters. The predicted molar refractivity (Wildman–Crippen MR) is 192 cm³/mol. The van der Waals surface area contributed by atoms with Crippen LogP contribution in [0.4, 0.5) is 0 Å². The second-order valence-electron chi connectivity index (χ2n) is 13.7. The van der Waals surface area contributed by atoms with Crippen LogP contribution in [-0.2, 0) is 32.3 Å². The zero-order chi connectivity index (χ0) is 37.0. The van der Waals surface area contributed by atoms with E-state index in [1.54, 1.807) is 48.2 Å². The second-order valence-corrected chi connectivity index (χ2v) is 13.7. The lowest BCUT2D eigenvalue weighted by Crippen LogP contribution is -2.45. The lowest BCUT2D eigenvalue weighted by molar-refractivity contribution is -0.0153. The molecule has 0 bridgehead atoms. The smallest absolute Gasteiger partial charge is 0.462 e. The SMILES string of the molecule is CCOC(=O)c1cc2cc(B3OC(C)(C)C(C)(CCc4c(C(=O)OCC)cc5cc(-c6ccn(C)n6)cn5c4C(C)=O)O3)cn2c(C(C)=O)c1C. The topological polar surface area (TPSA) is 132 Å². The van der Waals surface area contributed by atoms with Crippen molar-refractivity contribution in [3.05, 3.63) is 82.6 Å². The molecule has 0 amide bonds. The van der Waals surface area contributed by atoms with Gasteiger partial charge in [0.15, 0.2) is 11.6 Å². The van der Waals surface area contributed by atoms with Gasteiger partial charge in [0.05, 0.1) is 52.6 Å². The van der Waals surface area contributed by atoms with Crippen LogP contribution in [0.15, 0.2) is 48.9 Å². The summed E-state index contributed by atoms with van der Waals surface area (Å²) >= 11 is 0. The Morgan fingerprint density at radius 1 is 0.843 bits per heavy atom. The van der Waals surface area contributed by atoms with Gasteiger partial charge in [-0.3, -0.25) is 14.3 Å². The zero-order valence-electron chi connectivity index (χ0n) is 30.6. The van der Waals surface area contributed by atoms with Gasteiger partial charge in [0.25, 0.3) is 0 Å². The Morgan fingerprint density at radius 3 is 2.06 bits per heavy atom. The van der Waals surface area contributed by atoms with Crippen LogP contribution in [0, 0.1) is 6.92 Å². The molecule has 0 aromatic carbocycles. The standard InChI is InChI=1S/C38H43BN4O8/c1-10-48-35(46)30-18-28-17-26(21-43(28)33(22(30)3)23(4)44)39-50-37(6,7)38(8,51-39)14-12-29-31(36(47)49-11-2)19-27-16-25(32-13-15-41(9)40-32)20-42(27)34(29)24(5)45/h13,15-21H,10-12,14H2,1-9H3. The van der Waals surface area contributed by atoms with E-state index in [9.17, 15) is 19.2 Å². The largest absolute Gasteiger partial charge is 0.496 e. The Labute approximate surface area is 296 Å². The van der Waals surface area contributed by atoms with Crippen LogP contribution in [0.1, 0.15) is 108 Å². The first kappa shape index (κ1) is 35.8. The summed E-state index contributed by atoms with van der Waals surface area (Å²) in [5, 5.41) is 4.51. The number of carbonyl (C=O) groups is 4. The van der Waals surface area contributed by atoms with E-state index in [0.29, 0.717) is 63.0 Å². The molecule has 266 valence electrons. The van der Waals surface area contributed by atoms with Gasteiger partial charge in [-0.25, -0.2) is 9.59 Å². The summed E-state index contributed by atoms with van der Waals surface area (Å²) in [5.41, 5.74) is 4.31. The summed E-state index contributed by atoms with van der Waals surface area (Å²) < 4.78 is 29.3. The summed E-state index contributed by atoms with van der Waals surface area (Å²) in [6, 6.07) is 9.11. The first-order valence-electron chi connectivity index (χ1n) is 17.1. The molecule has 0 spiro atoms. The van der Waals surface area contributed by atoms with E-state index >= 15 is 0 Å². The molecule has 1 aliphatic rings. The summed E-state index contributed by atoms with van der Waals surface area (Å²) in [4.78, 5) is 52.4. The highest BCUT2D eigenvalue weighted by atomic mass is 16.7. The van der Waals surface area contributed by atoms with E-state index in [1.807, 2.05) is 62.8 Å². The molecule has 5 aromatic rings. The Morgan fingerprint density at radius 2 is 1.45 bits per heavy atom. The number of esters is 2. The molecule has 6 heterocycles. The van der Waals surface area contributed by atoms with Crippen molar-refractivity contribution in [3.63, 3.8) is 0 Å². The first-order chi connectivity index (χ1) is 24.1. The fourth-order valence-corrected chi connectivity index (χ4v) is 7.04. The quantitative estimate of drug-likeness (QED) is 0.0989. The van der Waals surface area contributed by atoms with Crippen molar-refractivity contribution in [2.75, 3.05) is 13.2 Å². The number of aryl methyl sites for hydroxylation is 1. The van der Waals surface area contributed by atoms with Crippen molar-refractivity contribution in [3.8, 4) is 11.3 Å². The Kier molecular flexibility index (Phi) is 9.32. The average Bonchev–Trinajstić information content (AvgIpc) is 3.83. The van der Waals surface area contributed by atoms with Crippen LogP contribution in [0.25, 0.3) is 22.3 Å². The molecule has 51 heavy (non-hydrogen) atoms. The number of ketones is 2. The number of rotatable bonds is 11. The highest BCUT2D eigenvalue weighted by molar-refractivity contribution is 6.62. The molecular formula is C38H43BN4O8. The number of hydrogen-bond donors (Lipinski definition) is 0. The monoisotopic (exact) mass is 694 g/mol. The van der Waals surface area contributed by atoms with E-state index in [2.05, 4.69) is 5.10 Å². The third kappa shape index (κ3) is 6.29. The van der Waals surface area contributed by atoms with Crippen molar-refractivity contribution in [2.45, 2.75) is 79.4 Å². The molecule has 0 N–H and O–H groups in total. The maximum Gasteiger partial charge on any atom is 0.496 e. The minimum atomic E-state index is -0.883. The highest BCUT2D eigenvalue weighted by Crippen LogP contribution is 2.41. The van der Waals surface area contributed by atoms with Crippen molar-refractivity contribution < 1.29 is 38.0 Å². The maximum atomic E-state index is 13.4. The van der Waals surface area contributed by atoms with E-state index in [0.717, 1.165) is 11.3 Å². The summed E-state index contributed by atoms with van der Waals surface area (Å²) in [6.45, 7) is 14.4. The van der Waals surface area contributed by atoms with Crippen molar-refractivity contribution in [2.24, 2.45) is 7.05 Å². The lowest BCUT2D eigenvalue weighted by atomic mass is 9.81. The van der Waals surface area contributed by atoms with Gasteiger partial charge in [0, 0.05) is 61.5 Å². The predicted octanol–water partition coefficient (Wildman–Crippen LogP) is 5.57. The number of carbonyl (C=O) groups excluding carboxylic acids is 4. The van der Waals surface area contributed by atoms with Gasteiger partial charge >= 0.3 is 19.1 Å². The van der Waals surface area contributed by atoms with Gasteiger partial charge in [-0.05, 0) is 95.8 Å². The van der Waals surface area contributed by atoms with E-state index in [4.69, 9.17) is 18.8 Å². The number of aromatic nitrogens is 4. The second kappa shape index (κ2) is 13.3. The third-order valence-corrected chi connectivity index (χ3v) is 9.99. The van der Waals surface area contributed by atoms with Gasteiger partial charge in [-0.2, -0.15) is 5.10 Å². The maximum absolute atomic E-state index is 13.4. The third-order valence-electron chi connectivity index (χ3n) is 9.99. The molecule has 1 saturated heterocycles. The molecule has 0 radical (unpaired) electrons. The summed E-state index contributed by atoms with van der Waals surface area (Å²) in [6.07, 6.45) is 6.21. The van der Waals surface area contributed by atoms with Gasteiger partial charge in [-0.15, -0.1) is 0 Å². The molecule has 5 aromatic heterocycles. The van der Waals surface area contributed by atoms with E-state index < -0.39 is 30.3 Å². The average molecular weight is 695 g/mol. The zero-order valence-corrected chi connectivity index (χ0v) is 30.6. The van der Waals surface area contributed by atoms with E-state index in [-0.39, 0.29) is 24.8 Å². The van der Waals surface area contributed by atoms with Crippen LogP contribution in [-0.4, -0.2) is 73.6 Å². The molecule has 13 heteroatoms. The molecule has 1 aliphatic heterocycles. The minimum absolute atomic E-state index is 0.181. The molecule has 12 nitrogen and oxygen atoms in total. The number of Topliss-reactive ketones (excluding diaryl/α,β-unsaturated/α-hetero) is 2. The fraction of sp³-hybridized carbons (Fsp3) is 0.395. The molecular weight excluding hydrogens is 651 g/mol. The molecule has 0 saturated carbocycles. The van der Waals surface area contributed by atoms with Crippen LogP contribution in [0.3, 0.4) is 0 Å². The van der Waals surface area contributed by atoms with Gasteiger partial charge in [-0.1, -0.05) is 0 Å². The van der Waals surface area contributed by atoms with Crippen LogP contribution >= 0.6 is 0 Å². The van der Waals surface area contributed by atoms with Crippen molar-refractivity contribution in [1.29, 1.82) is 0 Å². The molecule has 0 aliphatic carbocycles. The van der Waals surface area contributed by atoms with Crippen LogP contribution in [0.2, 0.25) is 0 Å². The molecule has 1 fully saturated rings. The number of nitrogens with zero attached hydrogens (tertiary/aromatic N) is 4. The lowest BCUT2D eigenvalue weighted by Gasteiger charge is -2.36. The van der Waals surface area contributed by atoms with Crippen LogP contribution in [0.5, 0.6) is 0 Å². The Hall–Kier alpha value is -5.01. The van der Waals surface area contributed by atoms with E-state index in [1.165, 1.54) is 13.8 Å². The summed E-state index contributed by atoms with van der Waals surface area (Å²) in [5.74, 6) is -1.41. The van der Waals surface area contributed by atoms with Gasteiger partial charge in [0.2, 0.25) is 0 Å².